The summed E-state index contributed by atoms with van der Waals surface area (Å²) in [6, 6.07) is 6.78. The molecule has 0 radical (unpaired) electrons. The molecule has 0 spiro atoms. The zero-order chi connectivity index (χ0) is 20.5. The lowest BCUT2D eigenvalue weighted by Gasteiger charge is -2.30. The van der Waals surface area contributed by atoms with E-state index in [1.807, 2.05) is 0 Å². The molecule has 1 aliphatic carbocycles. The molecule has 0 bridgehead atoms. The fourth-order valence-electron chi connectivity index (χ4n) is 4.59. The van der Waals surface area contributed by atoms with E-state index in [9.17, 15) is 0 Å². The smallest absolute Gasteiger partial charge is 0.159 e. The van der Waals surface area contributed by atoms with Crippen LogP contribution >= 0.6 is 0 Å². The lowest BCUT2D eigenvalue weighted by Crippen LogP contribution is -2.14. The Morgan fingerprint density at radius 1 is 0.931 bits per heavy atom. The van der Waals surface area contributed by atoms with E-state index in [2.05, 4.69) is 48.9 Å². The molecule has 0 atom stereocenters. The number of hydrogen-bond donors (Lipinski definition) is 0. The first kappa shape index (κ1) is 21.8. The van der Waals surface area contributed by atoms with Gasteiger partial charge in [0.25, 0.3) is 0 Å². The summed E-state index contributed by atoms with van der Waals surface area (Å²) in [6.07, 6.45) is 16.9. The van der Waals surface area contributed by atoms with Gasteiger partial charge >= 0.3 is 0 Å². The summed E-state index contributed by atoms with van der Waals surface area (Å²) in [4.78, 5) is 9.04. The topological polar surface area (TPSA) is 35.0 Å². The SMILES string of the molecule is CCCCCC1CCC(c2ccc(-c3ncc(OCCCC)cn3)cc2C)CC1. The molecule has 2 aromatic rings. The molecule has 158 valence electrons. The Kier molecular flexibility index (Phi) is 8.52. The van der Waals surface area contributed by atoms with Crippen LogP contribution in [0.15, 0.2) is 30.6 Å². The average Bonchev–Trinajstić information content (AvgIpc) is 2.75. The molecule has 29 heavy (non-hydrogen) atoms. The van der Waals surface area contributed by atoms with Crippen LogP contribution in [0.5, 0.6) is 5.75 Å². The lowest BCUT2D eigenvalue weighted by molar-refractivity contribution is 0.302. The largest absolute Gasteiger partial charge is 0.490 e. The van der Waals surface area contributed by atoms with Gasteiger partial charge in [0.2, 0.25) is 0 Å². The first-order valence-corrected chi connectivity index (χ1v) is 11.8. The van der Waals surface area contributed by atoms with Gasteiger partial charge in [-0.15, -0.1) is 0 Å². The molecule has 1 saturated carbocycles. The van der Waals surface area contributed by atoms with Gasteiger partial charge in [-0.3, -0.25) is 0 Å². The number of hydrogen-bond acceptors (Lipinski definition) is 3. The zero-order valence-electron chi connectivity index (χ0n) is 18.6. The highest BCUT2D eigenvalue weighted by molar-refractivity contribution is 5.57. The second-order valence-corrected chi connectivity index (χ2v) is 8.73. The Morgan fingerprint density at radius 3 is 2.31 bits per heavy atom. The third kappa shape index (κ3) is 6.29. The maximum atomic E-state index is 5.67. The molecule has 1 heterocycles. The molecule has 0 amide bonds. The Balaban J connectivity index is 1.58. The molecule has 3 nitrogen and oxygen atoms in total. The number of aromatic nitrogens is 2. The van der Waals surface area contributed by atoms with Crippen LogP contribution in [0.4, 0.5) is 0 Å². The standard InChI is InChI=1S/C26H38N2O/c1-4-6-8-9-21-10-12-22(13-11-21)25-15-14-23(17-20(25)3)26-27-18-24(19-28-26)29-16-7-5-2/h14-15,17-19,21-22H,4-13,16H2,1-3H3. The van der Waals surface area contributed by atoms with Gasteiger partial charge in [-0.1, -0.05) is 58.1 Å². The Labute approximate surface area is 177 Å². The van der Waals surface area contributed by atoms with Gasteiger partial charge in [-0.2, -0.15) is 0 Å². The van der Waals surface area contributed by atoms with Crippen LogP contribution in [0, 0.1) is 12.8 Å². The number of ether oxygens (including phenoxy) is 1. The van der Waals surface area contributed by atoms with Gasteiger partial charge in [0, 0.05) is 5.56 Å². The summed E-state index contributed by atoms with van der Waals surface area (Å²) in [5, 5.41) is 0. The van der Waals surface area contributed by atoms with E-state index >= 15 is 0 Å². The van der Waals surface area contributed by atoms with Crippen molar-refractivity contribution in [1.82, 2.24) is 9.97 Å². The van der Waals surface area contributed by atoms with Crippen LogP contribution in [-0.2, 0) is 0 Å². The van der Waals surface area contributed by atoms with Crippen LogP contribution in [0.1, 0.15) is 95.1 Å². The first-order valence-electron chi connectivity index (χ1n) is 11.8. The molecule has 0 N–H and O–H groups in total. The predicted molar refractivity (Wildman–Crippen MR) is 121 cm³/mol. The van der Waals surface area contributed by atoms with Gasteiger partial charge in [0.15, 0.2) is 11.6 Å². The molecule has 0 unspecified atom stereocenters. The third-order valence-corrected chi connectivity index (χ3v) is 6.43. The fourth-order valence-corrected chi connectivity index (χ4v) is 4.59. The van der Waals surface area contributed by atoms with E-state index in [1.165, 1.54) is 62.5 Å². The highest BCUT2D eigenvalue weighted by Crippen LogP contribution is 2.39. The summed E-state index contributed by atoms with van der Waals surface area (Å²) in [6.45, 7) is 7.43. The summed E-state index contributed by atoms with van der Waals surface area (Å²) >= 11 is 0. The van der Waals surface area contributed by atoms with Crippen molar-refractivity contribution in [3.05, 3.63) is 41.7 Å². The molecule has 0 aliphatic heterocycles. The Bertz CT molecular complexity index is 733. The van der Waals surface area contributed by atoms with Gasteiger partial charge in [-0.25, -0.2) is 9.97 Å². The molecule has 1 fully saturated rings. The van der Waals surface area contributed by atoms with Crippen LogP contribution in [0.25, 0.3) is 11.4 Å². The highest BCUT2D eigenvalue weighted by atomic mass is 16.5. The Morgan fingerprint density at radius 2 is 1.66 bits per heavy atom. The lowest BCUT2D eigenvalue weighted by atomic mass is 9.76. The second kappa shape index (κ2) is 11.3. The molecule has 1 aromatic heterocycles. The minimum atomic E-state index is 0.724. The van der Waals surface area contributed by atoms with Crippen LogP contribution in [0.3, 0.4) is 0 Å². The van der Waals surface area contributed by atoms with E-state index < -0.39 is 0 Å². The molecular weight excluding hydrogens is 356 g/mol. The van der Waals surface area contributed by atoms with E-state index in [0.29, 0.717) is 0 Å². The van der Waals surface area contributed by atoms with Crippen molar-refractivity contribution < 1.29 is 4.74 Å². The summed E-state index contributed by atoms with van der Waals surface area (Å²) in [7, 11) is 0. The average molecular weight is 395 g/mol. The molecule has 1 aliphatic rings. The van der Waals surface area contributed by atoms with Gasteiger partial charge in [-0.05, 0) is 68.1 Å². The quantitative estimate of drug-likeness (QED) is 0.392. The van der Waals surface area contributed by atoms with Crippen molar-refractivity contribution in [1.29, 1.82) is 0 Å². The number of benzene rings is 1. The normalized spacial score (nSPS) is 19.3. The van der Waals surface area contributed by atoms with E-state index in [0.717, 1.165) is 48.4 Å². The molecule has 0 saturated heterocycles. The molecule has 1 aromatic carbocycles. The number of nitrogens with zero attached hydrogens (tertiary/aromatic N) is 2. The van der Waals surface area contributed by atoms with Crippen molar-refractivity contribution in [2.24, 2.45) is 5.92 Å². The Hall–Kier alpha value is -1.90. The van der Waals surface area contributed by atoms with Crippen LogP contribution < -0.4 is 4.74 Å². The summed E-state index contributed by atoms with van der Waals surface area (Å²) in [5.74, 6) is 3.22. The summed E-state index contributed by atoms with van der Waals surface area (Å²) in [5.41, 5.74) is 4.00. The maximum Gasteiger partial charge on any atom is 0.159 e. The van der Waals surface area contributed by atoms with Crippen LogP contribution in [0.2, 0.25) is 0 Å². The van der Waals surface area contributed by atoms with E-state index in [4.69, 9.17) is 4.74 Å². The maximum absolute atomic E-state index is 5.67. The van der Waals surface area contributed by atoms with E-state index in [1.54, 1.807) is 12.4 Å². The molecule has 3 rings (SSSR count). The van der Waals surface area contributed by atoms with Gasteiger partial charge in [0.05, 0.1) is 19.0 Å². The monoisotopic (exact) mass is 394 g/mol. The molecule has 3 heteroatoms. The zero-order valence-corrected chi connectivity index (χ0v) is 18.6. The predicted octanol–water partition coefficient (Wildman–Crippen LogP) is 7.49. The summed E-state index contributed by atoms with van der Waals surface area (Å²) < 4.78 is 5.67. The van der Waals surface area contributed by atoms with Gasteiger partial charge < -0.3 is 4.74 Å². The number of rotatable bonds is 10. The second-order valence-electron chi connectivity index (χ2n) is 8.73. The van der Waals surface area contributed by atoms with Crippen molar-refractivity contribution in [3.8, 4) is 17.1 Å². The third-order valence-electron chi connectivity index (χ3n) is 6.43. The number of unbranched alkanes of at least 4 members (excludes halogenated alkanes) is 3. The number of aryl methyl sites for hydroxylation is 1. The minimum absolute atomic E-state index is 0.724. The van der Waals surface area contributed by atoms with Crippen molar-refractivity contribution in [3.63, 3.8) is 0 Å². The van der Waals surface area contributed by atoms with Gasteiger partial charge in [0.1, 0.15) is 0 Å². The minimum Gasteiger partial charge on any atom is -0.490 e. The van der Waals surface area contributed by atoms with Crippen molar-refractivity contribution >= 4 is 0 Å². The first-order chi connectivity index (χ1) is 14.2. The van der Waals surface area contributed by atoms with Crippen LogP contribution in [-0.4, -0.2) is 16.6 Å². The highest BCUT2D eigenvalue weighted by Gasteiger charge is 2.23. The molecular formula is C26H38N2O. The van der Waals surface area contributed by atoms with Crippen molar-refractivity contribution in [2.45, 2.75) is 90.9 Å². The fraction of sp³-hybridized carbons (Fsp3) is 0.615. The van der Waals surface area contributed by atoms with E-state index in [-0.39, 0.29) is 0 Å². The van der Waals surface area contributed by atoms with Crippen molar-refractivity contribution in [2.75, 3.05) is 6.61 Å².